The van der Waals surface area contributed by atoms with Gasteiger partial charge in [-0.1, -0.05) is 54.1 Å². The molecule has 0 saturated heterocycles. The van der Waals surface area contributed by atoms with Crippen LogP contribution in [0.5, 0.6) is 5.75 Å². The lowest BCUT2D eigenvalue weighted by atomic mass is 10.2. The summed E-state index contributed by atoms with van der Waals surface area (Å²) in [6.45, 7) is 2.11. The van der Waals surface area contributed by atoms with E-state index in [-0.39, 0.29) is 12.6 Å². The van der Waals surface area contributed by atoms with Gasteiger partial charge >= 0.3 is 5.97 Å². The Morgan fingerprint density at radius 1 is 0.966 bits per heavy atom. The zero-order valence-electron chi connectivity index (χ0n) is 16.3. The molecule has 0 amide bonds. The van der Waals surface area contributed by atoms with E-state index in [1.165, 1.54) is 12.5 Å². The molecule has 3 N–H and O–H groups in total. The molecule has 0 aliphatic rings. The van der Waals surface area contributed by atoms with E-state index < -0.39 is 0 Å². The Balaban J connectivity index is 0.000000223. The van der Waals surface area contributed by atoms with E-state index in [1.54, 1.807) is 12.1 Å². The third-order valence-electron chi connectivity index (χ3n) is 3.49. The Morgan fingerprint density at radius 3 is 2.00 bits per heavy atom. The zero-order valence-corrected chi connectivity index (χ0v) is 17.9. The third kappa shape index (κ3) is 12.0. The van der Waals surface area contributed by atoms with Crippen molar-refractivity contribution in [1.29, 1.82) is 0 Å². The van der Waals surface area contributed by atoms with Crippen molar-refractivity contribution in [1.82, 2.24) is 0 Å². The molecule has 0 aliphatic heterocycles. The zero-order chi connectivity index (χ0) is 21.5. The first-order valence-corrected chi connectivity index (χ1v) is 9.84. The molecule has 4 nitrogen and oxygen atoms in total. The molecule has 3 rings (SSSR count). The minimum absolute atomic E-state index is 0.240. The van der Waals surface area contributed by atoms with Gasteiger partial charge in [0.1, 0.15) is 5.75 Å². The van der Waals surface area contributed by atoms with Crippen LogP contribution in [0.1, 0.15) is 18.1 Å². The summed E-state index contributed by atoms with van der Waals surface area (Å²) in [6.07, 6.45) is 0.765. The molecule has 6 heteroatoms. The van der Waals surface area contributed by atoms with Gasteiger partial charge in [-0.05, 0) is 53.9 Å². The number of aliphatic hydroxyl groups is 1. The summed E-state index contributed by atoms with van der Waals surface area (Å²) < 4.78 is 4.83. The number of ether oxygens (including phenoxy) is 1. The molecule has 3 aromatic carbocycles. The molecule has 0 bridgehead atoms. The third-order valence-corrected chi connectivity index (χ3v) is 4.04. The maximum Gasteiger partial charge on any atom is 0.308 e. The van der Waals surface area contributed by atoms with Crippen molar-refractivity contribution in [2.75, 3.05) is 6.61 Å². The molecule has 0 aliphatic carbocycles. The van der Waals surface area contributed by atoms with Crippen molar-refractivity contribution in [2.24, 2.45) is 5.73 Å². The first-order valence-electron chi connectivity index (χ1n) is 9.01. The molecule has 0 atom stereocenters. The van der Waals surface area contributed by atoms with Crippen LogP contribution in [0.15, 0.2) is 83.8 Å². The maximum absolute atomic E-state index is 10.5. The van der Waals surface area contributed by atoms with E-state index in [2.05, 4.69) is 12.6 Å². The number of hydrogen-bond donors (Lipinski definition) is 3. The number of halogens is 1. The standard InChI is InChI=1S/C9H11NO2.C8H10O.C6H5ClS/c1-7(11)12-9-4-2-8(6-10)3-5-9;9-7-6-8-4-2-1-3-5-8;7-5-1-3-6(8)4-2-5/h2-5H,6,10H2,1H3;1-5,9H,6-7H2;1-4,8H. The summed E-state index contributed by atoms with van der Waals surface area (Å²) in [4.78, 5) is 11.5. The highest BCUT2D eigenvalue weighted by Gasteiger charge is 1.96. The van der Waals surface area contributed by atoms with E-state index in [9.17, 15) is 4.79 Å². The van der Waals surface area contributed by atoms with Crippen LogP contribution >= 0.6 is 24.2 Å². The molecule has 154 valence electrons. The van der Waals surface area contributed by atoms with E-state index in [1.807, 2.05) is 66.7 Å². The average molecular weight is 432 g/mol. The molecule has 29 heavy (non-hydrogen) atoms. The van der Waals surface area contributed by atoms with E-state index in [0.717, 1.165) is 21.9 Å². The fourth-order valence-corrected chi connectivity index (χ4v) is 2.35. The number of nitrogens with two attached hydrogens (primary N) is 1. The molecule has 0 aromatic heterocycles. The van der Waals surface area contributed by atoms with Crippen molar-refractivity contribution in [3.05, 3.63) is 95.0 Å². The van der Waals surface area contributed by atoms with Crippen LogP contribution in [0.25, 0.3) is 0 Å². The second-order valence-corrected chi connectivity index (χ2v) is 6.83. The van der Waals surface area contributed by atoms with Gasteiger partial charge < -0.3 is 15.6 Å². The Kier molecular flexibility index (Phi) is 12.5. The molecule has 0 unspecified atom stereocenters. The predicted molar refractivity (Wildman–Crippen MR) is 122 cm³/mol. The van der Waals surface area contributed by atoms with Gasteiger partial charge in [-0.3, -0.25) is 4.79 Å². The minimum Gasteiger partial charge on any atom is -0.427 e. The van der Waals surface area contributed by atoms with Crippen molar-refractivity contribution in [3.8, 4) is 5.75 Å². The van der Waals surface area contributed by atoms with Crippen LogP contribution in [0.2, 0.25) is 5.02 Å². The second kappa shape index (κ2) is 14.7. The fraction of sp³-hybridized carbons (Fsp3) is 0.174. The Morgan fingerprint density at radius 2 is 1.55 bits per heavy atom. The van der Waals surface area contributed by atoms with Crippen LogP contribution in [0.4, 0.5) is 0 Å². The van der Waals surface area contributed by atoms with Gasteiger partial charge in [-0.15, -0.1) is 12.6 Å². The molecule has 0 radical (unpaired) electrons. The number of rotatable bonds is 4. The lowest BCUT2D eigenvalue weighted by molar-refractivity contribution is -0.131. The van der Waals surface area contributed by atoms with Gasteiger partial charge in [0.05, 0.1) is 0 Å². The van der Waals surface area contributed by atoms with Crippen LogP contribution in [0.3, 0.4) is 0 Å². The van der Waals surface area contributed by atoms with Gasteiger partial charge in [0, 0.05) is 30.0 Å². The van der Waals surface area contributed by atoms with Crippen LogP contribution in [-0.2, 0) is 17.8 Å². The summed E-state index contributed by atoms with van der Waals surface area (Å²) in [7, 11) is 0. The number of benzene rings is 3. The topological polar surface area (TPSA) is 72.5 Å². The number of carbonyl (C=O) groups excluding carboxylic acids is 1. The van der Waals surface area contributed by atoms with Crippen molar-refractivity contribution >= 4 is 30.2 Å². The highest BCUT2D eigenvalue weighted by molar-refractivity contribution is 7.80. The van der Waals surface area contributed by atoms with E-state index >= 15 is 0 Å². The van der Waals surface area contributed by atoms with E-state index in [0.29, 0.717) is 12.3 Å². The smallest absolute Gasteiger partial charge is 0.308 e. The summed E-state index contributed by atoms with van der Waals surface area (Å²) in [5.74, 6) is 0.246. The van der Waals surface area contributed by atoms with Gasteiger partial charge in [0.2, 0.25) is 0 Å². The molecular weight excluding hydrogens is 406 g/mol. The van der Waals surface area contributed by atoms with Crippen LogP contribution in [-0.4, -0.2) is 17.7 Å². The lowest BCUT2D eigenvalue weighted by Gasteiger charge is -2.01. The highest BCUT2D eigenvalue weighted by Crippen LogP contribution is 2.12. The van der Waals surface area contributed by atoms with E-state index in [4.69, 9.17) is 27.2 Å². The van der Waals surface area contributed by atoms with Crippen LogP contribution in [0, 0.1) is 0 Å². The van der Waals surface area contributed by atoms with Crippen molar-refractivity contribution in [3.63, 3.8) is 0 Å². The largest absolute Gasteiger partial charge is 0.427 e. The molecule has 0 spiro atoms. The van der Waals surface area contributed by atoms with Crippen molar-refractivity contribution < 1.29 is 14.6 Å². The first kappa shape index (κ1) is 24.7. The molecule has 0 heterocycles. The SMILES string of the molecule is CC(=O)Oc1ccc(CN)cc1.OCCc1ccccc1.Sc1ccc(Cl)cc1. The number of hydrogen-bond acceptors (Lipinski definition) is 5. The number of carbonyl (C=O) groups is 1. The van der Waals surface area contributed by atoms with Crippen LogP contribution < -0.4 is 10.5 Å². The Labute approximate surface area is 182 Å². The Hall–Kier alpha value is -2.31. The molecule has 3 aromatic rings. The van der Waals surface area contributed by atoms with Gasteiger partial charge in [-0.25, -0.2) is 0 Å². The summed E-state index contributed by atoms with van der Waals surface area (Å²) >= 11 is 9.65. The number of thiol groups is 1. The summed E-state index contributed by atoms with van der Waals surface area (Å²) in [5.41, 5.74) is 7.61. The van der Waals surface area contributed by atoms with Gasteiger partial charge in [0.15, 0.2) is 0 Å². The fourth-order valence-electron chi connectivity index (χ4n) is 2.07. The second-order valence-electron chi connectivity index (χ2n) is 5.88. The van der Waals surface area contributed by atoms with Gasteiger partial charge in [0.25, 0.3) is 0 Å². The highest BCUT2D eigenvalue weighted by atomic mass is 35.5. The van der Waals surface area contributed by atoms with Crippen molar-refractivity contribution in [2.45, 2.75) is 24.8 Å². The normalized spacial score (nSPS) is 9.41. The monoisotopic (exact) mass is 431 g/mol. The number of aliphatic hydroxyl groups excluding tert-OH is 1. The molecule has 0 saturated carbocycles. The molecular formula is C23H26ClNO3S. The maximum atomic E-state index is 10.5. The molecule has 0 fully saturated rings. The quantitative estimate of drug-likeness (QED) is 0.311. The summed E-state index contributed by atoms with van der Waals surface area (Å²) in [6, 6.07) is 24.4. The predicted octanol–water partition coefficient (Wildman–Crippen LogP) is 4.92. The Bertz CT molecular complexity index is 804. The first-order chi connectivity index (χ1) is 13.9. The summed E-state index contributed by atoms with van der Waals surface area (Å²) in [5, 5.41) is 9.27. The minimum atomic E-state index is -0.310. The van der Waals surface area contributed by atoms with Gasteiger partial charge in [-0.2, -0.15) is 0 Å². The average Bonchev–Trinajstić information content (AvgIpc) is 2.72. The lowest BCUT2D eigenvalue weighted by Crippen LogP contribution is -2.01. The number of esters is 1.